The molecule has 2 N–H and O–H groups in total. The normalized spacial score (nSPS) is 10.3. The molecule has 18 heavy (non-hydrogen) atoms. The minimum absolute atomic E-state index is 0.245. The molecule has 0 saturated heterocycles. The van der Waals surface area contributed by atoms with E-state index in [0.29, 0.717) is 11.3 Å². The van der Waals surface area contributed by atoms with Crippen LogP contribution in [0.5, 0.6) is 0 Å². The molecule has 1 aromatic carbocycles. The van der Waals surface area contributed by atoms with Crippen LogP contribution in [-0.2, 0) is 14.6 Å². The molecule has 6 heteroatoms. The van der Waals surface area contributed by atoms with Gasteiger partial charge in [0.05, 0.1) is 0 Å². The Morgan fingerprint density at radius 2 is 2.17 bits per heavy atom. The molecule has 0 spiro atoms. The highest BCUT2D eigenvalue weighted by molar-refractivity contribution is 7.91. The van der Waals surface area contributed by atoms with Crippen molar-refractivity contribution in [1.82, 2.24) is 0 Å². The molecule has 0 saturated carbocycles. The fourth-order valence-electron chi connectivity index (χ4n) is 1.25. The summed E-state index contributed by atoms with van der Waals surface area (Å²) in [5.41, 5.74) is 1.09. The predicted molar refractivity (Wildman–Crippen MR) is 68.7 cm³/mol. The Labute approximate surface area is 106 Å². The Morgan fingerprint density at radius 1 is 1.44 bits per heavy atom. The van der Waals surface area contributed by atoms with E-state index in [1.165, 1.54) is 0 Å². The topological polar surface area (TPSA) is 83.5 Å². The summed E-state index contributed by atoms with van der Waals surface area (Å²) < 4.78 is 21.9. The van der Waals surface area contributed by atoms with Crippen LogP contribution in [-0.4, -0.2) is 38.0 Å². The quantitative estimate of drug-likeness (QED) is 0.756. The van der Waals surface area contributed by atoms with Crippen molar-refractivity contribution >= 4 is 21.4 Å². The van der Waals surface area contributed by atoms with Crippen LogP contribution in [0.1, 0.15) is 5.56 Å². The van der Waals surface area contributed by atoms with Gasteiger partial charge in [0.2, 0.25) is 5.91 Å². The third-order valence-electron chi connectivity index (χ3n) is 1.85. The lowest BCUT2D eigenvalue weighted by Crippen LogP contribution is -2.21. The molecule has 5 nitrogen and oxygen atoms in total. The van der Waals surface area contributed by atoms with E-state index < -0.39 is 21.5 Å². The summed E-state index contributed by atoms with van der Waals surface area (Å²) in [6, 6.07) is 6.62. The molecule has 0 bridgehead atoms. The molecule has 1 aromatic rings. The van der Waals surface area contributed by atoms with Gasteiger partial charge in [0.15, 0.2) is 9.84 Å². The Kier molecular flexibility index (Phi) is 4.89. The van der Waals surface area contributed by atoms with Gasteiger partial charge >= 0.3 is 0 Å². The van der Waals surface area contributed by atoms with Gasteiger partial charge in [0.25, 0.3) is 0 Å². The highest BCUT2D eigenvalue weighted by atomic mass is 32.2. The SMILES string of the molecule is CS(=O)(=O)CC(=O)Nc1cccc(C#CCO)c1. The summed E-state index contributed by atoms with van der Waals surface area (Å²) in [7, 11) is -3.34. The Morgan fingerprint density at radius 3 is 2.78 bits per heavy atom. The van der Waals surface area contributed by atoms with Crippen molar-refractivity contribution in [3.63, 3.8) is 0 Å². The Hall–Kier alpha value is -1.84. The van der Waals surface area contributed by atoms with Crippen molar-refractivity contribution in [3.8, 4) is 11.8 Å². The van der Waals surface area contributed by atoms with Crippen molar-refractivity contribution < 1.29 is 18.3 Å². The average molecular weight is 267 g/mol. The van der Waals surface area contributed by atoms with Crippen molar-refractivity contribution in [2.75, 3.05) is 23.9 Å². The van der Waals surface area contributed by atoms with Crippen molar-refractivity contribution in [2.45, 2.75) is 0 Å². The number of carbonyl (C=O) groups excluding carboxylic acids is 1. The van der Waals surface area contributed by atoms with Crippen molar-refractivity contribution in [2.24, 2.45) is 0 Å². The lowest BCUT2D eigenvalue weighted by atomic mass is 10.2. The first kappa shape index (κ1) is 14.2. The smallest absolute Gasteiger partial charge is 0.239 e. The van der Waals surface area contributed by atoms with Gasteiger partial charge in [-0.3, -0.25) is 4.79 Å². The number of anilines is 1. The molecule has 1 rings (SSSR count). The van der Waals surface area contributed by atoms with Gasteiger partial charge in [-0.2, -0.15) is 0 Å². The van der Waals surface area contributed by atoms with Gasteiger partial charge in [-0.05, 0) is 18.2 Å². The summed E-state index contributed by atoms with van der Waals surface area (Å²) in [5, 5.41) is 11.0. The lowest BCUT2D eigenvalue weighted by Gasteiger charge is -2.04. The van der Waals surface area contributed by atoms with E-state index in [1.54, 1.807) is 24.3 Å². The van der Waals surface area contributed by atoms with Crippen LogP contribution in [0.3, 0.4) is 0 Å². The molecular formula is C12H13NO4S. The highest BCUT2D eigenvalue weighted by Gasteiger charge is 2.10. The van der Waals surface area contributed by atoms with E-state index in [2.05, 4.69) is 17.2 Å². The molecule has 0 aliphatic carbocycles. The van der Waals surface area contributed by atoms with Crippen LogP contribution < -0.4 is 5.32 Å². The zero-order chi connectivity index (χ0) is 13.6. The van der Waals surface area contributed by atoms with E-state index in [4.69, 9.17) is 5.11 Å². The fraction of sp³-hybridized carbons (Fsp3) is 0.250. The maximum atomic E-state index is 11.4. The third kappa shape index (κ3) is 5.48. The minimum Gasteiger partial charge on any atom is -0.384 e. The molecule has 96 valence electrons. The summed E-state index contributed by atoms with van der Waals surface area (Å²) in [5.74, 6) is 4.02. The number of hydrogen-bond acceptors (Lipinski definition) is 4. The number of amides is 1. The van der Waals surface area contributed by atoms with Crippen molar-refractivity contribution in [3.05, 3.63) is 29.8 Å². The summed E-state index contributed by atoms with van der Waals surface area (Å²) >= 11 is 0. The van der Waals surface area contributed by atoms with Gasteiger partial charge in [0.1, 0.15) is 12.4 Å². The van der Waals surface area contributed by atoms with Crippen LogP contribution in [0, 0.1) is 11.8 Å². The second-order valence-electron chi connectivity index (χ2n) is 3.66. The van der Waals surface area contributed by atoms with Gasteiger partial charge in [-0.25, -0.2) is 8.42 Å². The van der Waals surface area contributed by atoms with Gasteiger partial charge < -0.3 is 10.4 Å². The zero-order valence-electron chi connectivity index (χ0n) is 9.80. The Balaban J connectivity index is 2.76. The summed E-state index contributed by atoms with van der Waals surface area (Å²) in [6.45, 7) is -0.245. The average Bonchev–Trinajstić information content (AvgIpc) is 2.24. The number of sulfone groups is 1. The number of nitrogens with one attached hydrogen (secondary N) is 1. The first-order valence-electron chi connectivity index (χ1n) is 5.08. The Bertz CT molecular complexity index is 596. The van der Waals surface area contributed by atoms with Crippen LogP contribution in [0.25, 0.3) is 0 Å². The molecule has 0 aliphatic rings. The molecule has 0 aromatic heterocycles. The molecule has 0 heterocycles. The predicted octanol–water partition coefficient (Wildman–Crippen LogP) is 0.0135. The second-order valence-corrected chi connectivity index (χ2v) is 5.80. The number of carbonyl (C=O) groups is 1. The monoisotopic (exact) mass is 267 g/mol. The van der Waals surface area contributed by atoms with Crippen molar-refractivity contribution in [1.29, 1.82) is 0 Å². The summed E-state index contributed by atoms with van der Waals surface area (Å²) in [6.07, 6.45) is 0.996. The van der Waals surface area contributed by atoms with Crippen LogP contribution in [0.4, 0.5) is 5.69 Å². The first-order chi connectivity index (χ1) is 8.40. The van der Waals surface area contributed by atoms with Gasteiger partial charge in [0, 0.05) is 17.5 Å². The van der Waals surface area contributed by atoms with Crippen LogP contribution >= 0.6 is 0 Å². The standard InChI is InChI=1S/C12H13NO4S/c1-18(16,17)9-12(15)13-11-6-2-4-10(8-11)5-3-7-14/h2,4,6,8,14H,7,9H2,1H3,(H,13,15). The largest absolute Gasteiger partial charge is 0.384 e. The maximum absolute atomic E-state index is 11.4. The van der Waals surface area contributed by atoms with E-state index in [1.807, 2.05) is 0 Å². The maximum Gasteiger partial charge on any atom is 0.239 e. The van der Waals surface area contributed by atoms with Gasteiger partial charge in [-0.15, -0.1) is 0 Å². The first-order valence-corrected chi connectivity index (χ1v) is 7.14. The molecule has 1 amide bonds. The number of aliphatic hydroxyl groups excluding tert-OH is 1. The van der Waals surface area contributed by atoms with Gasteiger partial charge in [-0.1, -0.05) is 17.9 Å². The molecule has 0 radical (unpaired) electrons. The molecular weight excluding hydrogens is 254 g/mol. The minimum atomic E-state index is -3.34. The number of aliphatic hydroxyl groups is 1. The fourth-order valence-corrected chi connectivity index (χ4v) is 1.80. The van der Waals surface area contributed by atoms with E-state index >= 15 is 0 Å². The molecule has 0 unspecified atom stereocenters. The number of benzene rings is 1. The van der Waals surface area contributed by atoms with Crippen LogP contribution in [0.2, 0.25) is 0 Å². The third-order valence-corrected chi connectivity index (χ3v) is 2.64. The van der Waals surface area contributed by atoms with Crippen LogP contribution in [0.15, 0.2) is 24.3 Å². The van der Waals surface area contributed by atoms with E-state index in [9.17, 15) is 13.2 Å². The molecule has 0 aliphatic heterocycles. The van der Waals surface area contributed by atoms with E-state index in [-0.39, 0.29) is 6.61 Å². The number of hydrogen-bond donors (Lipinski definition) is 2. The molecule has 0 atom stereocenters. The highest BCUT2D eigenvalue weighted by Crippen LogP contribution is 2.09. The number of rotatable bonds is 3. The second kappa shape index (κ2) is 6.19. The molecule has 0 fully saturated rings. The zero-order valence-corrected chi connectivity index (χ0v) is 10.6. The van der Waals surface area contributed by atoms with E-state index in [0.717, 1.165) is 6.26 Å². The summed E-state index contributed by atoms with van der Waals surface area (Å²) in [4.78, 5) is 11.4. The lowest BCUT2D eigenvalue weighted by molar-refractivity contribution is -0.113.